The topological polar surface area (TPSA) is 152 Å². The van der Waals surface area contributed by atoms with E-state index >= 15 is 17.6 Å². The quantitative estimate of drug-likeness (QED) is 0.175. The highest BCUT2D eigenvalue weighted by Gasteiger charge is 2.50. The van der Waals surface area contributed by atoms with Gasteiger partial charge in [-0.05, 0) is 51.4 Å². The van der Waals surface area contributed by atoms with Crippen molar-refractivity contribution in [3.63, 3.8) is 0 Å². The van der Waals surface area contributed by atoms with Crippen molar-refractivity contribution in [3.8, 4) is 29.2 Å². The van der Waals surface area contributed by atoms with Gasteiger partial charge < -0.3 is 25.8 Å². The third-order valence-corrected chi connectivity index (χ3v) is 11.5. The lowest BCUT2D eigenvalue weighted by atomic mass is 9.95. The molecule has 1 aromatic carbocycles. The van der Waals surface area contributed by atoms with Crippen LogP contribution in [0.15, 0.2) is 30.5 Å². The lowest BCUT2D eigenvalue weighted by molar-refractivity contribution is 0.0483. The maximum atomic E-state index is 17.2. The molecule has 52 heavy (non-hydrogen) atoms. The van der Waals surface area contributed by atoms with Crippen molar-refractivity contribution in [2.75, 3.05) is 36.1 Å². The number of anilines is 3. The number of pyridine rings is 2. The molecule has 11 nitrogen and oxygen atoms in total. The normalized spacial score (nSPS) is 23.5. The number of ether oxygens (including phenoxy) is 2. The molecule has 0 spiro atoms. The fourth-order valence-electron chi connectivity index (χ4n) is 8.08. The van der Waals surface area contributed by atoms with E-state index in [4.69, 9.17) is 20.9 Å². The van der Waals surface area contributed by atoms with Gasteiger partial charge >= 0.3 is 6.01 Å². The fourth-order valence-corrected chi connectivity index (χ4v) is 9.03. The van der Waals surface area contributed by atoms with Crippen molar-refractivity contribution in [3.05, 3.63) is 53.2 Å². The molecule has 3 unspecified atom stereocenters. The summed E-state index contributed by atoms with van der Waals surface area (Å²) in [6, 6.07) is 4.66. The molecule has 270 valence electrons. The van der Waals surface area contributed by atoms with Gasteiger partial charge in [-0.1, -0.05) is 6.07 Å². The summed E-state index contributed by atoms with van der Waals surface area (Å²) in [4.78, 5) is 21.1. The molecule has 3 aliphatic heterocycles. The smallest absolute Gasteiger partial charge is 0.319 e. The van der Waals surface area contributed by atoms with Crippen molar-refractivity contribution in [1.29, 1.82) is 5.26 Å². The van der Waals surface area contributed by atoms with Gasteiger partial charge in [-0.2, -0.15) is 15.2 Å². The zero-order valence-corrected chi connectivity index (χ0v) is 28.7. The minimum absolute atomic E-state index is 0.00956. The molecule has 17 heteroatoms. The van der Waals surface area contributed by atoms with Crippen LogP contribution >= 0.6 is 11.3 Å². The molecule has 3 aliphatic rings. The Hall–Kier alpha value is -5.08. The molecule has 5 aromatic rings. The van der Waals surface area contributed by atoms with Gasteiger partial charge in [-0.15, -0.1) is 11.3 Å². The summed E-state index contributed by atoms with van der Waals surface area (Å²) < 4.78 is 89.8. The van der Waals surface area contributed by atoms with Crippen LogP contribution in [0, 0.1) is 23.0 Å². The fraction of sp³-hybridized carbons (Fsp3) is 0.400. The predicted molar refractivity (Wildman–Crippen MR) is 185 cm³/mol. The van der Waals surface area contributed by atoms with Gasteiger partial charge in [-0.3, -0.25) is 4.90 Å². The van der Waals surface area contributed by atoms with Gasteiger partial charge in [-0.25, -0.2) is 31.9 Å². The number of hydrogen-bond acceptors (Lipinski definition) is 12. The molecule has 0 bridgehead atoms. The van der Waals surface area contributed by atoms with Gasteiger partial charge in [0, 0.05) is 35.7 Å². The predicted octanol–water partition coefficient (Wildman–Crippen LogP) is 6.55. The van der Waals surface area contributed by atoms with Crippen LogP contribution in [0.5, 0.6) is 11.9 Å². The number of nitrogens with two attached hydrogens (primary N) is 2. The molecule has 8 rings (SSSR count). The number of hydrogen-bond donors (Lipinski definition) is 2. The number of nitrogens with zero attached hydrogens (tertiary/aromatic N) is 7. The first-order chi connectivity index (χ1) is 24.9. The van der Waals surface area contributed by atoms with Gasteiger partial charge in [0.2, 0.25) is 5.88 Å². The highest BCUT2D eigenvalue weighted by atomic mass is 32.1. The Morgan fingerprint density at radius 1 is 1.17 bits per heavy atom. The zero-order valence-electron chi connectivity index (χ0n) is 27.9. The van der Waals surface area contributed by atoms with Gasteiger partial charge in [0.25, 0.3) is 6.43 Å². The second-order valence-electron chi connectivity index (χ2n) is 13.5. The van der Waals surface area contributed by atoms with Crippen LogP contribution in [0.1, 0.15) is 50.3 Å². The van der Waals surface area contributed by atoms with E-state index in [9.17, 15) is 9.65 Å². The Morgan fingerprint density at radius 3 is 2.73 bits per heavy atom. The summed E-state index contributed by atoms with van der Waals surface area (Å²) in [6.07, 6.45) is -2.14. The summed E-state index contributed by atoms with van der Waals surface area (Å²) in [6.45, 7) is 3.99. The first-order valence-electron chi connectivity index (χ1n) is 16.7. The molecule has 0 saturated carbocycles. The monoisotopic (exact) mass is 737 g/mol. The number of alkyl halides is 3. The van der Waals surface area contributed by atoms with Crippen molar-refractivity contribution in [2.45, 2.75) is 69.4 Å². The van der Waals surface area contributed by atoms with Crippen molar-refractivity contribution in [2.24, 2.45) is 0 Å². The second kappa shape index (κ2) is 12.6. The van der Waals surface area contributed by atoms with Crippen molar-refractivity contribution in [1.82, 2.24) is 24.8 Å². The largest absolute Gasteiger partial charge is 0.472 e. The Morgan fingerprint density at radius 2 is 1.98 bits per heavy atom. The van der Waals surface area contributed by atoms with Crippen LogP contribution in [0.2, 0.25) is 0 Å². The van der Waals surface area contributed by atoms with Crippen LogP contribution in [0.25, 0.3) is 32.2 Å². The summed E-state index contributed by atoms with van der Waals surface area (Å²) in [5.41, 5.74) is 11.2. The summed E-state index contributed by atoms with van der Waals surface area (Å²) in [7, 11) is 0. The van der Waals surface area contributed by atoms with Crippen molar-refractivity contribution < 1.29 is 31.4 Å². The van der Waals surface area contributed by atoms with E-state index in [1.165, 1.54) is 24.1 Å². The number of nitrogen functional groups attached to an aromatic ring is 2. The number of aromatic nitrogens is 4. The lowest BCUT2D eigenvalue weighted by Gasteiger charge is -2.38. The van der Waals surface area contributed by atoms with E-state index in [0.717, 1.165) is 23.8 Å². The Bertz CT molecular complexity index is 2290. The van der Waals surface area contributed by atoms with E-state index in [-0.39, 0.29) is 85.9 Å². The highest BCUT2D eigenvalue weighted by Crippen LogP contribution is 2.48. The van der Waals surface area contributed by atoms with E-state index in [2.05, 4.69) is 19.9 Å². The maximum absolute atomic E-state index is 17.2. The van der Waals surface area contributed by atoms with Crippen LogP contribution in [0.4, 0.5) is 38.6 Å². The minimum atomic E-state index is -3.02. The number of halogens is 5. The Labute approximate surface area is 298 Å². The SMILES string of the molecule is CC1Oc2nc(-c3ccc(F)c4sc(N)c(C#N)c34)c(F)c3nc(OC[C@@]45CCCN4C[C@H](F)C5)nc(c23)N(C(C)c2cccnc2N)C1C(F)F. The molecule has 4 N–H and O–H groups in total. The number of benzene rings is 1. The summed E-state index contributed by atoms with van der Waals surface area (Å²) >= 11 is 0.827. The van der Waals surface area contributed by atoms with Crippen LogP contribution in [-0.4, -0.2) is 74.8 Å². The first kappa shape index (κ1) is 34.0. The zero-order chi connectivity index (χ0) is 36.6. The minimum Gasteiger partial charge on any atom is -0.472 e. The van der Waals surface area contributed by atoms with E-state index in [1.54, 1.807) is 19.1 Å². The lowest BCUT2D eigenvalue weighted by Crippen LogP contribution is -2.50. The average molecular weight is 738 g/mol. The maximum Gasteiger partial charge on any atom is 0.319 e. The number of nitriles is 1. The van der Waals surface area contributed by atoms with Crippen molar-refractivity contribution >= 4 is 49.0 Å². The highest BCUT2D eigenvalue weighted by molar-refractivity contribution is 7.23. The molecule has 0 radical (unpaired) electrons. The van der Waals surface area contributed by atoms with Gasteiger partial charge in [0.05, 0.1) is 21.8 Å². The Balaban J connectivity index is 1.39. The second-order valence-corrected chi connectivity index (χ2v) is 14.5. The number of rotatable bonds is 7. The molecule has 4 aromatic heterocycles. The van der Waals surface area contributed by atoms with Gasteiger partial charge in [0.15, 0.2) is 11.6 Å². The first-order valence-corrected chi connectivity index (χ1v) is 17.5. The Kier molecular flexibility index (Phi) is 8.21. The van der Waals surface area contributed by atoms with E-state index in [1.807, 2.05) is 11.0 Å². The standard InChI is InChI=1S/C35H32F5N9O2S/c1-15(18-5-3-9-44-30(18)42)49-27(29(39)40)16(2)51-33-23-26(46-34(47-32(23)49)50-14-35-8-4-10-48(35)13-17(36)11-35)24(38)25(45-33)19-6-7-21(37)28-22(19)20(12-41)31(43)52-28/h3,5-7,9,15-17,27,29H,4,8,10-11,13-14,43H2,1-2H3,(H2,42,44)/t15?,16?,17-,27?,35+/m1/s1. The van der Waals surface area contributed by atoms with Gasteiger partial charge in [0.1, 0.15) is 64.2 Å². The van der Waals surface area contributed by atoms with E-state index < -0.39 is 48.0 Å². The third kappa shape index (κ3) is 5.21. The van der Waals surface area contributed by atoms with E-state index in [0.29, 0.717) is 18.5 Å². The van der Waals surface area contributed by atoms with Crippen LogP contribution < -0.4 is 25.8 Å². The number of fused-ring (bicyclic) bond motifs is 2. The molecule has 7 heterocycles. The molecule has 5 atom stereocenters. The third-order valence-electron chi connectivity index (χ3n) is 10.5. The molecule has 2 saturated heterocycles. The average Bonchev–Trinajstić information content (AvgIpc) is 3.73. The molecular formula is C35H32F5N9O2S. The molecular weight excluding hydrogens is 706 g/mol. The summed E-state index contributed by atoms with van der Waals surface area (Å²) in [5.74, 6) is -2.04. The van der Waals surface area contributed by atoms with Crippen LogP contribution in [-0.2, 0) is 0 Å². The van der Waals surface area contributed by atoms with Crippen LogP contribution in [0.3, 0.4) is 0 Å². The summed E-state index contributed by atoms with van der Waals surface area (Å²) in [5, 5.41) is 9.87. The molecule has 0 amide bonds. The molecule has 0 aliphatic carbocycles. The number of thiophene rings is 1. The molecule has 2 fully saturated rings.